The van der Waals surface area contributed by atoms with Gasteiger partial charge in [-0.25, -0.2) is 0 Å². The summed E-state index contributed by atoms with van der Waals surface area (Å²) in [6, 6.07) is 13.9. The lowest BCUT2D eigenvalue weighted by Gasteiger charge is -2.10. The Morgan fingerprint density at radius 3 is 2.56 bits per heavy atom. The van der Waals surface area contributed by atoms with E-state index in [0.717, 1.165) is 46.4 Å². The Kier molecular flexibility index (Phi) is 4.80. The van der Waals surface area contributed by atoms with E-state index in [1.165, 1.54) is 0 Å². The number of aromatic amines is 2. The summed E-state index contributed by atoms with van der Waals surface area (Å²) >= 11 is 0. The smallest absolute Gasteiger partial charge is 0.204 e. The first kappa shape index (κ1) is 17.2. The number of ether oxygens (including phenoxy) is 1. The fraction of sp³-hybridized carbons (Fsp3) is 0.263. The number of rotatable bonds is 7. The largest absolute Gasteiger partial charge is 0.494 e. The number of hydrogen-bond donors (Lipinski definition) is 2. The first-order valence-corrected chi connectivity index (χ1v) is 8.80. The predicted octanol–water partition coefficient (Wildman–Crippen LogP) is 2.74. The van der Waals surface area contributed by atoms with Crippen LogP contribution in [0.4, 0.5) is 0 Å². The summed E-state index contributed by atoms with van der Waals surface area (Å²) in [6.07, 6.45) is 0.998. The van der Waals surface area contributed by atoms with Crippen LogP contribution in [0.2, 0.25) is 0 Å². The maximum Gasteiger partial charge on any atom is 0.204 e. The zero-order valence-corrected chi connectivity index (χ0v) is 15.3. The average Bonchev–Trinajstić information content (AvgIpc) is 3.35. The molecule has 8 heteroatoms. The minimum atomic E-state index is 0.561. The number of nitrogens with zero attached hydrogens (tertiary/aromatic N) is 5. The van der Waals surface area contributed by atoms with Crippen molar-refractivity contribution >= 4 is 10.9 Å². The molecule has 0 saturated carbocycles. The number of fused-ring (bicyclic) bond motifs is 1. The van der Waals surface area contributed by atoms with Crippen molar-refractivity contribution in [2.24, 2.45) is 0 Å². The van der Waals surface area contributed by atoms with Crippen LogP contribution in [0.3, 0.4) is 0 Å². The number of nitrogens with one attached hydrogen (secondary N) is 2. The van der Waals surface area contributed by atoms with Crippen LogP contribution < -0.4 is 4.74 Å². The van der Waals surface area contributed by atoms with E-state index in [1.54, 1.807) is 0 Å². The van der Waals surface area contributed by atoms with Gasteiger partial charge in [-0.1, -0.05) is 0 Å². The van der Waals surface area contributed by atoms with Crippen LogP contribution in [0, 0.1) is 0 Å². The molecule has 0 saturated heterocycles. The highest BCUT2D eigenvalue weighted by molar-refractivity contribution is 5.95. The van der Waals surface area contributed by atoms with Crippen molar-refractivity contribution in [3.63, 3.8) is 0 Å². The van der Waals surface area contributed by atoms with E-state index in [-0.39, 0.29) is 0 Å². The standard InChI is InChI=1S/C19H21N7O/c1-26(2)10-3-11-27-15-7-4-13(5-8-15)18-16-12-14(19-22-24-25-23-19)6-9-17(16)20-21-18/h4-9,12H,3,10-11H2,1-2H3,(H,20,21)(H,22,23,24,25). The Balaban J connectivity index is 1.54. The van der Waals surface area contributed by atoms with Crippen LogP contribution in [-0.2, 0) is 0 Å². The van der Waals surface area contributed by atoms with E-state index in [2.05, 4.69) is 49.8 Å². The van der Waals surface area contributed by atoms with Gasteiger partial charge in [0.2, 0.25) is 5.82 Å². The molecule has 4 rings (SSSR count). The molecule has 0 unspecified atom stereocenters. The Bertz CT molecular complexity index is 1010. The molecule has 0 fully saturated rings. The summed E-state index contributed by atoms with van der Waals surface area (Å²) in [5, 5.41) is 22.7. The van der Waals surface area contributed by atoms with Crippen molar-refractivity contribution in [2.75, 3.05) is 27.2 Å². The molecule has 2 heterocycles. The molecule has 0 aliphatic heterocycles. The fourth-order valence-corrected chi connectivity index (χ4v) is 2.94. The van der Waals surface area contributed by atoms with Crippen LogP contribution in [0.1, 0.15) is 6.42 Å². The van der Waals surface area contributed by atoms with Crippen LogP contribution in [0.15, 0.2) is 42.5 Å². The number of benzene rings is 2. The second-order valence-corrected chi connectivity index (χ2v) is 6.60. The van der Waals surface area contributed by atoms with E-state index in [4.69, 9.17) is 4.74 Å². The summed E-state index contributed by atoms with van der Waals surface area (Å²) in [6.45, 7) is 1.72. The summed E-state index contributed by atoms with van der Waals surface area (Å²) in [7, 11) is 4.13. The van der Waals surface area contributed by atoms with Gasteiger partial charge >= 0.3 is 0 Å². The van der Waals surface area contributed by atoms with Gasteiger partial charge in [-0.15, -0.1) is 10.2 Å². The van der Waals surface area contributed by atoms with Crippen LogP contribution in [0.5, 0.6) is 5.75 Å². The summed E-state index contributed by atoms with van der Waals surface area (Å²) in [4.78, 5) is 2.15. The molecule has 0 amide bonds. The third-order valence-electron chi connectivity index (χ3n) is 4.31. The van der Waals surface area contributed by atoms with Gasteiger partial charge in [0.05, 0.1) is 17.8 Å². The lowest BCUT2D eigenvalue weighted by molar-refractivity contribution is 0.281. The molecular formula is C19H21N7O. The maximum absolute atomic E-state index is 5.80. The van der Waals surface area contributed by atoms with Gasteiger partial charge in [0, 0.05) is 23.1 Å². The van der Waals surface area contributed by atoms with Crippen molar-refractivity contribution in [2.45, 2.75) is 6.42 Å². The SMILES string of the molecule is CN(C)CCCOc1ccc(-c2n[nH]c3ccc(-c4nn[nH]n4)cc23)cc1. The zero-order chi connectivity index (χ0) is 18.6. The average molecular weight is 363 g/mol. The Labute approximate surface area is 156 Å². The molecule has 4 aromatic rings. The molecule has 0 atom stereocenters. The fourth-order valence-electron chi connectivity index (χ4n) is 2.94. The third kappa shape index (κ3) is 3.80. The van der Waals surface area contributed by atoms with E-state index in [1.807, 2.05) is 42.5 Å². The molecule has 0 bridgehead atoms. The zero-order valence-electron chi connectivity index (χ0n) is 15.3. The molecule has 8 nitrogen and oxygen atoms in total. The minimum Gasteiger partial charge on any atom is -0.494 e. The van der Waals surface area contributed by atoms with Crippen LogP contribution in [0.25, 0.3) is 33.5 Å². The molecule has 27 heavy (non-hydrogen) atoms. The second kappa shape index (κ2) is 7.55. The molecule has 0 aliphatic rings. The molecular weight excluding hydrogens is 342 g/mol. The van der Waals surface area contributed by atoms with Crippen molar-refractivity contribution < 1.29 is 4.74 Å². The number of aromatic nitrogens is 6. The van der Waals surface area contributed by atoms with Crippen LogP contribution in [-0.4, -0.2) is 63.0 Å². The second-order valence-electron chi connectivity index (χ2n) is 6.60. The predicted molar refractivity (Wildman–Crippen MR) is 103 cm³/mol. The van der Waals surface area contributed by atoms with Crippen molar-refractivity contribution in [1.82, 2.24) is 35.7 Å². The maximum atomic E-state index is 5.80. The van der Waals surface area contributed by atoms with Crippen molar-refractivity contribution in [3.05, 3.63) is 42.5 Å². The summed E-state index contributed by atoms with van der Waals surface area (Å²) < 4.78 is 5.80. The molecule has 2 aromatic heterocycles. The minimum absolute atomic E-state index is 0.561. The van der Waals surface area contributed by atoms with Gasteiger partial charge in [-0.05, 0) is 68.2 Å². The molecule has 0 radical (unpaired) electrons. The highest BCUT2D eigenvalue weighted by atomic mass is 16.5. The molecule has 0 spiro atoms. The number of tetrazole rings is 1. The van der Waals surface area contributed by atoms with Crippen molar-refractivity contribution in [3.8, 4) is 28.4 Å². The van der Waals surface area contributed by atoms with E-state index < -0.39 is 0 Å². The van der Waals surface area contributed by atoms with Gasteiger partial charge in [0.25, 0.3) is 0 Å². The lowest BCUT2D eigenvalue weighted by Crippen LogP contribution is -2.15. The number of hydrogen-bond acceptors (Lipinski definition) is 6. The first-order valence-electron chi connectivity index (χ1n) is 8.80. The van der Waals surface area contributed by atoms with Gasteiger partial charge in [-0.3, -0.25) is 5.10 Å². The van der Waals surface area contributed by atoms with Gasteiger partial charge < -0.3 is 9.64 Å². The van der Waals surface area contributed by atoms with Crippen LogP contribution >= 0.6 is 0 Å². The normalized spacial score (nSPS) is 11.4. The van der Waals surface area contributed by atoms with Gasteiger partial charge in [0.15, 0.2) is 0 Å². The number of H-pyrrole nitrogens is 2. The van der Waals surface area contributed by atoms with Crippen molar-refractivity contribution in [1.29, 1.82) is 0 Å². The monoisotopic (exact) mass is 363 g/mol. The first-order chi connectivity index (χ1) is 13.2. The Hall–Kier alpha value is -3.26. The molecule has 0 aliphatic carbocycles. The molecule has 138 valence electrons. The highest BCUT2D eigenvalue weighted by Gasteiger charge is 2.11. The molecule has 2 aromatic carbocycles. The van der Waals surface area contributed by atoms with Gasteiger partial charge in [-0.2, -0.15) is 10.3 Å². The Morgan fingerprint density at radius 1 is 1.00 bits per heavy atom. The van der Waals surface area contributed by atoms with E-state index in [9.17, 15) is 0 Å². The van der Waals surface area contributed by atoms with E-state index in [0.29, 0.717) is 12.4 Å². The molecule has 2 N–H and O–H groups in total. The quantitative estimate of drug-likeness (QED) is 0.490. The van der Waals surface area contributed by atoms with E-state index >= 15 is 0 Å². The summed E-state index contributed by atoms with van der Waals surface area (Å²) in [5.74, 6) is 1.43. The van der Waals surface area contributed by atoms with Gasteiger partial charge in [0.1, 0.15) is 5.75 Å². The topological polar surface area (TPSA) is 95.6 Å². The summed E-state index contributed by atoms with van der Waals surface area (Å²) in [5.41, 5.74) is 3.75. The highest BCUT2D eigenvalue weighted by Crippen LogP contribution is 2.30. The Morgan fingerprint density at radius 2 is 1.81 bits per heavy atom. The third-order valence-corrected chi connectivity index (χ3v) is 4.31. The lowest BCUT2D eigenvalue weighted by atomic mass is 10.1.